The summed E-state index contributed by atoms with van der Waals surface area (Å²) < 4.78 is 0.972. The molecule has 0 spiro atoms. The molecule has 0 aliphatic carbocycles. The summed E-state index contributed by atoms with van der Waals surface area (Å²) in [6, 6.07) is 3.24. The first kappa shape index (κ1) is 4.90. The number of carbonyl (C=O) groups excluding carboxylic acids is 1. The highest BCUT2D eigenvalue weighted by Gasteiger charge is 1.82. The number of aromatic nitrogens is 1. The molecule has 0 aromatic carbocycles. The Morgan fingerprint density at radius 2 is 1.88 bits per heavy atom. The molecule has 1 aromatic heterocycles. The van der Waals surface area contributed by atoms with Crippen LogP contribution in [-0.4, -0.2) is 10.7 Å². The van der Waals surface area contributed by atoms with Gasteiger partial charge in [0.05, 0.1) is 0 Å². The second-order valence-corrected chi connectivity index (χ2v) is 1.36. The molecule has 0 aliphatic heterocycles. The van der Waals surface area contributed by atoms with Crippen LogP contribution in [0.2, 0.25) is 0 Å². The summed E-state index contributed by atoms with van der Waals surface area (Å²) >= 11 is 0. The fourth-order valence-corrected chi connectivity index (χ4v) is 0.456. The Labute approximate surface area is 46.2 Å². The Hall–Kier alpha value is -1.25. The van der Waals surface area contributed by atoms with Crippen LogP contribution in [0.1, 0.15) is 0 Å². The van der Waals surface area contributed by atoms with E-state index in [1.807, 2.05) is 0 Å². The Morgan fingerprint density at radius 1 is 1.38 bits per heavy atom. The predicted molar refractivity (Wildman–Crippen MR) is 25.2 cm³/mol. The van der Waals surface area contributed by atoms with Crippen LogP contribution in [0.3, 0.4) is 0 Å². The van der Waals surface area contributed by atoms with Crippen LogP contribution in [0.4, 0.5) is 4.79 Å². The van der Waals surface area contributed by atoms with Gasteiger partial charge in [-0.2, -0.15) is 0 Å². The number of rotatable bonds is 0. The zero-order valence-electron chi connectivity index (χ0n) is 4.07. The maximum atomic E-state index is 9.91. The summed E-state index contributed by atoms with van der Waals surface area (Å²) in [4.78, 5) is 9.91. The lowest BCUT2D eigenvalue weighted by molar-refractivity contribution is -0.250. The van der Waals surface area contributed by atoms with Gasteiger partial charge >= 0.3 is 0 Å². The van der Waals surface area contributed by atoms with Crippen molar-refractivity contribution in [2.24, 2.45) is 0 Å². The minimum atomic E-state index is -1.20. The highest BCUT2D eigenvalue weighted by molar-refractivity contribution is 5.65. The second-order valence-electron chi connectivity index (χ2n) is 1.36. The number of hydrogen-bond acceptors (Lipinski definition) is 2. The van der Waals surface area contributed by atoms with E-state index in [1.54, 1.807) is 12.1 Å². The molecule has 0 fully saturated rings. The third-order valence-corrected chi connectivity index (χ3v) is 0.815. The highest BCUT2D eigenvalue weighted by atomic mass is 16.4. The number of carbonyl (C=O) groups is 1. The van der Waals surface area contributed by atoms with Gasteiger partial charge in [-0.05, 0) is 12.1 Å². The van der Waals surface area contributed by atoms with Crippen molar-refractivity contribution in [2.45, 2.75) is 0 Å². The molecule has 1 aromatic rings. The lowest BCUT2D eigenvalue weighted by Crippen LogP contribution is -2.27. The van der Waals surface area contributed by atoms with Crippen molar-refractivity contribution < 1.29 is 9.90 Å². The lowest BCUT2D eigenvalue weighted by atomic mass is 10.7. The summed E-state index contributed by atoms with van der Waals surface area (Å²) in [6.45, 7) is 0. The molecule has 8 heavy (non-hydrogen) atoms. The van der Waals surface area contributed by atoms with Crippen molar-refractivity contribution in [1.82, 2.24) is 4.57 Å². The number of carboxylic acid groups (broad SMARTS) is 1. The van der Waals surface area contributed by atoms with Crippen molar-refractivity contribution in [1.29, 1.82) is 0 Å². The molecule has 0 saturated carbocycles. The minimum Gasteiger partial charge on any atom is -0.529 e. The quantitative estimate of drug-likeness (QED) is 0.459. The Kier molecular flexibility index (Phi) is 1.04. The highest BCUT2D eigenvalue weighted by Crippen LogP contribution is 1.84. The van der Waals surface area contributed by atoms with Gasteiger partial charge in [-0.15, -0.1) is 0 Å². The van der Waals surface area contributed by atoms with Crippen LogP contribution in [0.15, 0.2) is 24.5 Å². The molecule has 0 amide bonds. The summed E-state index contributed by atoms with van der Waals surface area (Å²) in [5.74, 6) is 0. The van der Waals surface area contributed by atoms with Crippen molar-refractivity contribution in [3.05, 3.63) is 24.5 Å². The maximum Gasteiger partial charge on any atom is 0.145 e. The smallest absolute Gasteiger partial charge is 0.145 e. The van der Waals surface area contributed by atoms with Crippen LogP contribution in [0, 0.1) is 0 Å². The molecule has 0 bridgehead atoms. The number of nitrogens with zero attached hydrogens (tertiary/aromatic N) is 1. The van der Waals surface area contributed by atoms with Gasteiger partial charge in [-0.25, -0.2) is 0 Å². The fourth-order valence-electron chi connectivity index (χ4n) is 0.456. The predicted octanol–water partition coefficient (Wildman–Crippen LogP) is -0.321. The van der Waals surface area contributed by atoms with E-state index in [4.69, 9.17) is 0 Å². The van der Waals surface area contributed by atoms with E-state index >= 15 is 0 Å². The maximum absolute atomic E-state index is 9.91. The summed E-state index contributed by atoms with van der Waals surface area (Å²) in [5, 5.41) is 9.91. The normalized spacial score (nSPS) is 9.00. The van der Waals surface area contributed by atoms with E-state index in [2.05, 4.69) is 0 Å². The zero-order valence-corrected chi connectivity index (χ0v) is 4.07. The second kappa shape index (κ2) is 1.69. The molecule has 0 N–H and O–H groups in total. The molecule has 0 unspecified atom stereocenters. The van der Waals surface area contributed by atoms with Crippen molar-refractivity contribution in [3.63, 3.8) is 0 Å². The molecule has 3 nitrogen and oxygen atoms in total. The van der Waals surface area contributed by atoms with Crippen LogP contribution in [0.5, 0.6) is 0 Å². The fraction of sp³-hybridized carbons (Fsp3) is 0. The van der Waals surface area contributed by atoms with E-state index in [0.29, 0.717) is 0 Å². The molecule has 42 valence electrons. The van der Waals surface area contributed by atoms with Crippen LogP contribution < -0.4 is 5.11 Å². The molecule has 3 heteroatoms. The van der Waals surface area contributed by atoms with Gasteiger partial charge in [-0.1, -0.05) is 0 Å². The average molecular weight is 110 g/mol. The van der Waals surface area contributed by atoms with Gasteiger partial charge in [0.1, 0.15) is 6.09 Å². The first-order valence-corrected chi connectivity index (χ1v) is 2.15. The zero-order chi connectivity index (χ0) is 5.98. The van der Waals surface area contributed by atoms with Gasteiger partial charge in [0.2, 0.25) is 0 Å². The summed E-state index contributed by atoms with van der Waals surface area (Å²) in [6.07, 6.45) is 1.62. The van der Waals surface area contributed by atoms with E-state index in [9.17, 15) is 9.90 Å². The Bertz CT molecular complexity index is 178. The van der Waals surface area contributed by atoms with Crippen LogP contribution in [0.25, 0.3) is 0 Å². The SMILES string of the molecule is O=C([O-])n1cccc1. The van der Waals surface area contributed by atoms with Crippen molar-refractivity contribution >= 4 is 6.09 Å². The third-order valence-electron chi connectivity index (χ3n) is 0.815. The summed E-state index contributed by atoms with van der Waals surface area (Å²) in [7, 11) is 0. The first-order valence-electron chi connectivity index (χ1n) is 2.15. The standard InChI is InChI=1S/C5H5NO2/c7-5(8)6-3-1-2-4-6/h1-4H,(H,7,8)/p-1. The molecule has 0 radical (unpaired) electrons. The molecule has 0 aliphatic rings. The van der Waals surface area contributed by atoms with Crippen molar-refractivity contribution in [3.8, 4) is 0 Å². The van der Waals surface area contributed by atoms with Crippen molar-refractivity contribution in [2.75, 3.05) is 0 Å². The third kappa shape index (κ3) is 0.703. The lowest BCUT2D eigenvalue weighted by Gasteiger charge is -1.98. The molecule has 0 saturated heterocycles. The van der Waals surface area contributed by atoms with Gasteiger partial charge in [0.15, 0.2) is 0 Å². The van der Waals surface area contributed by atoms with Gasteiger partial charge in [0, 0.05) is 12.4 Å². The molecule has 1 heterocycles. The van der Waals surface area contributed by atoms with Gasteiger partial charge in [-0.3, -0.25) is 0 Å². The topological polar surface area (TPSA) is 45.1 Å². The molecule has 0 atom stereocenters. The monoisotopic (exact) mass is 110 g/mol. The molecular formula is C5H4NO2-. The minimum absolute atomic E-state index is 0.972. The molecule has 1 rings (SSSR count). The van der Waals surface area contributed by atoms with E-state index in [-0.39, 0.29) is 0 Å². The van der Waals surface area contributed by atoms with Gasteiger partial charge < -0.3 is 14.5 Å². The van der Waals surface area contributed by atoms with E-state index < -0.39 is 6.09 Å². The number of hydrogen-bond donors (Lipinski definition) is 0. The van der Waals surface area contributed by atoms with E-state index in [0.717, 1.165) is 4.57 Å². The average Bonchev–Trinajstić information content (AvgIpc) is 2.12. The first-order chi connectivity index (χ1) is 3.80. The van der Waals surface area contributed by atoms with Gasteiger partial charge in [0.25, 0.3) is 0 Å². The summed E-state index contributed by atoms with van der Waals surface area (Å²) in [5.41, 5.74) is 0. The Morgan fingerprint density at radius 3 is 2.12 bits per heavy atom. The van der Waals surface area contributed by atoms with Crippen LogP contribution >= 0.6 is 0 Å². The largest absolute Gasteiger partial charge is 0.529 e. The van der Waals surface area contributed by atoms with E-state index in [1.165, 1.54) is 12.4 Å². The Balaban J connectivity index is 2.93. The molecular weight excluding hydrogens is 106 g/mol. The van der Waals surface area contributed by atoms with Crippen LogP contribution in [-0.2, 0) is 0 Å².